The van der Waals surface area contributed by atoms with Crippen LogP contribution in [0.15, 0.2) is 30.3 Å². The molecule has 2 nitrogen and oxygen atoms in total. The van der Waals surface area contributed by atoms with Crippen molar-refractivity contribution in [3.8, 4) is 0 Å². The molecule has 0 aliphatic carbocycles. The van der Waals surface area contributed by atoms with Crippen molar-refractivity contribution >= 4 is 5.97 Å². The quantitative estimate of drug-likeness (QED) is 0.694. The molecule has 0 unspecified atom stereocenters. The van der Waals surface area contributed by atoms with E-state index in [0.717, 1.165) is 5.56 Å². The summed E-state index contributed by atoms with van der Waals surface area (Å²) in [4.78, 5) is 10.4. The fourth-order valence-corrected chi connectivity index (χ4v) is 0.759. The van der Waals surface area contributed by atoms with Crippen LogP contribution in [0.5, 0.6) is 0 Å². The van der Waals surface area contributed by atoms with Gasteiger partial charge >= 0.3 is 5.97 Å². The average Bonchev–Trinajstić information content (AvgIpc) is 2.33. The second kappa shape index (κ2) is 12.7. The SMILES string of the molecule is CC.CC.CC(=O)OCc1ccccc1. The van der Waals surface area contributed by atoms with Gasteiger partial charge in [-0.1, -0.05) is 58.0 Å². The minimum Gasteiger partial charge on any atom is -0.461 e. The highest BCUT2D eigenvalue weighted by Crippen LogP contribution is 1.99. The number of ether oxygens (including phenoxy) is 1. The van der Waals surface area contributed by atoms with Gasteiger partial charge in [-0.2, -0.15) is 0 Å². The Morgan fingerprint density at radius 2 is 1.53 bits per heavy atom. The minimum atomic E-state index is -0.242. The maximum Gasteiger partial charge on any atom is 0.302 e. The fourth-order valence-electron chi connectivity index (χ4n) is 0.759. The molecule has 0 aromatic heterocycles. The van der Waals surface area contributed by atoms with Crippen molar-refractivity contribution in [3.05, 3.63) is 35.9 Å². The van der Waals surface area contributed by atoms with Crippen molar-refractivity contribution in [2.24, 2.45) is 0 Å². The third-order valence-electron chi connectivity index (χ3n) is 1.28. The van der Waals surface area contributed by atoms with Gasteiger partial charge in [0.2, 0.25) is 0 Å². The summed E-state index contributed by atoms with van der Waals surface area (Å²) in [6.45, 7) is 9.78. The Morgan fingerprint density at radius 3 is 1.93 bits per heavy atom. The molecule has 0 spiro atoms. The van der Waals surface area contributed by atoms with Gasteiger partial charge in [0, 0.05) is 6.92 Å². The number of hydrogen-bond donors (Lipinski definition) is 0. The number of benzene rings is 1. The van der Waals surface area contributed by atoms with Crippen LogP contribution >= 0.6 is 0 Å². The number of hydrogen-bond acceptors (Lipinski definition) is 2. The lowest BCUT2D eigenvalue weighted by Crippen LogP contribution is -1.97. The first-order chi connectivity index (χ1) is 7.29. The Balaban J connectivity index is 0. The topological polar surface area (TPSA) is 26.3 Å². The smallest absolute Gasteiger partial charge is 0.302 e. The van der Waals surface area contributed by atoms with E-state index in [2.05, 4.69) is 0 Å². The molecule has 0 aliphatic heterocycles. The molecule has 0 amide bonds. The maximum absolute atomic E-state index is 10.4. The standard InChI is InChI=1S/C9H10O2.2C2H6/c1-8(10)11-7-9-5-3-2-4-6-9;2*1-2/h2-6H,7H2,1H3;2*1-2H3. The van der Waals surface area contributed by atoms with E-state index in [-0.39, 0.29) is 5.97 Å². The Morgan fingerprint density at radius 1 is 1.07 bits per heavy atom. The summed E-state index contributed by atoms with van der Waals surface area (Å²) in [7, 11) is 0. The maximum atomic E-state index is 10.4. The molecule has 1 aromatic carbocycles. The van der Waals surface area contributed by atoms with Crippen molar-refractivity contribution in [2.75, 3.05) is 0 Å². The summed E-state index contributed by atoms with van der Waals surface area (Å²) in [5, 5.41) is 0. The minimum absolute atomic E-state index is 0.242. The summed E-state index contributed by atoms with van der Waals surface area (Å²) in [6.07, 6.45) is 0. The van der Waals surface area contributed by atoms with Gasteiger partial charge in [0.25, 0.3) is 0 Å². The highest BCUT2D eigenvalue weighted by molar-refractivity contribution is 5.65. The number of esters is 1. The third-order valence-corrected chi connectivity index (χ3v) is 1.28. The predicted molar refractivity (Wildman–Crippen MR) is 64.6 cm³/mol. The van der Waals surface area contributed by atoms with Gasteiger partial charge in [0.15, 0.2) is 0 Å². The largest absolute Gasteiger partial charge is 0.461 e. The zero-order valence-corrected chi connectivity index (χ0v) is 10.4. The molecule has 0 N–H and O–H groups in total. The first-order valence-corrected chi connectivity index (χ1v) is 5.46. The lowest BCUT2D eigenvalue weighted by molar-refractivity contribution is -0.142. The summed E-state index contributed by atoms with van der Waals surface area (Å²) in [5.41, 5.74) is 1.02. The van der Waals surface area contributed by atoms with E-state index in [4.69, 9.17) is 4.74 Å². The molecule has 0 saturated carbocycles. The van der Waals surface area contributed by atoms with Crippen molar-refractivity contribution < 1.29 is 9.53 Å². The highest BCUT2D eigenvalue weighted by Gasteiger charge is 1.93. The van der Waals surface area contributed by atoms with Gasteiger partial charge in [-0.25, -0.2) is 0 Å². The van der Waals surface area contributed by atoms with E-state index < -0.39 is 0 Å². The molecule has 1 rings (SSSR count). The Hall–Kier alpha value is -1.31. The normalized spacial score (nSPS) is 7.53. The van der Waals surface area contributed by atoms with Crippen LogP contribution in [0.1, 0.15) is 40.2 Å². The van der Waals surface area contributed by atoms with Crippen LogP contribution in [0.4, 0.5) is 0 Å². The molecule has 0 heterocycles. The first-order valence-electron chi connectivity index (χ1n) is 5.46. The van der Waals surface area contributed by atoms with Crippen LogP contribution < -0.4 is 0 Å². The predicted octanol–water partition coefficient (Wildman–Crippen LogP) is 3.80. The lowest BCUT2D eigenvalue weighted by atomic mass is 10.2. The molecular formula is C13H22O2. The molecule has 0 aliphatic rings. The summed E-state index contributed by atoms with van der Waals surface area (Å²) < 4.78 is 4.79. The van der Waals surface area contributed by atoms with Crippen LogP contribution in [0.2, 0.25) is 0 Å². The van der Waals surface area contributed by atoms with Crippen LogP contribution in [0.3, 0.4) is 0 Å². The van der Waals surface area contributed by atoms with Crippen molar-refractivity contribution in [1.29, 1.82) is 0 Å². The number of carbonyl (C=O) groups is 1. The van der Waals surface area contributed by atoms with E-state index in [0.29, 0.717) is 6.61 Å². The van der Waals surface area contributed by atoms with Crippen LogP contribution in [0, 0.1) is 0 Å². The zero-order chi connectivity index (χ0) is 12.1. The highest BCUT2D eigenvalue weighted by atomic mass is 16.5. The molecule has 0 fully saturated rings. The van der Waals surface area contributed by atoms with E-state index in [9.17, 15) is 4.79 Å². The molecule has 15 heavy (non-hydrogen) atoms. The van der Waals surface area contributed by atoms with Gasteiger partial charge in [0.1, 0.15) is 6.61 Å². The fraction of sp³-hybridized carbons (Fsp3) is 0.462. The number of rotatable bonds is 2. The van der Waals surface area contributed by atoms with Crippen molar-refractivity contribution in [3.63, 3.8) is 0 Å². The van der Waals surface area contributed by atoms with E-state index in [1.54, 1.807) is 0 Å². The Kier molecular flexibility index (Phi) is 13.6. The second-order valence-electron chi connectivity index (χ2n) is 2.27. The third kappa shape index (κ3) is 10.6. The monoisotopic (exact) mass is 210 g/mol. The molecule has 0 bridgehead atoms. The van der Waals surface area contributed by atoms with Crippen molar-refractivity contribution in [2.45, 2.75) is 41.2 Å². The second-order valence-corrected chi connectivity index (χ2v) is 2.27. The molecule has 86 valence electrons. The van der Waals surface area contributed by atoms with E-state index >= 15 is 0 Å². The van der Waals surface area contributed by atoms with Crippen LogP contribution in [-0.2, 0) is 16.1 Å². The van der Waals surface area contributed by atoms with Crippen LogP contribution in [0.25, 0.3) is 0 Å². The molecule has 1 aromatic rings. The first kappa shape index (κ1) is 16.1. The van der Waals surface area contributed by atoms with E-state index in [1.165, 1.54) is 6.92 Å². The molecule has 0 saturated heterocycles. The van der Waals surface area contributed by atoms with Gasteiger partial charge in [-0.3, -0.25) is 4.79 Å². The molecule has 0 radical (unpaired) electrons. The summed E-state index contributed by atoms with van der Waals surface area (Å²) in [5.74, 6) is -0.242. The number of carbonyl (C=O) groups excluding carboxylic acids is 1. The average molecular weight is 210 g/mol. The van der Waals surface area contributed by atoms with Gasteiger partial charge in [-0.05, 0) is 5.56 Å². The van der Waals surface area contributed by atoms with Gasteiger partial charge in [0.05, 0.1) is 0 Å². The van der Waals surface area contributed by atoms with Crippen LogP contribution in [-0.4, -0.2) is 5.97 Å². The van der Waals surface area contributed by atoms with E-state index in [1.807, 2.05) is 58.0 Å². The molecule has 2 heteroatoms. The zero-order valence-electron chi connectivity index (χ0n) is 10.4. The Labute approximate surface area is 93.3 Å². The van der Waals surface area contributed by atoms with Crippen molar-refractivity contribution in [1.82, 2.24) is 0 Å². The summed E-state index contributed by atoms with van der Waals surface area (Å²) >= 11 is 0. The molecule has 0 atom stereocenters. The summed E-state index contributed by atoms with van der Waals surface area (Å²) in [6, 6.07) is 9.60. The van der Waals surface area contributed by atoms with Gasteiger partial charge < -0.3 is 4.74 Å². The molecular weight excluding hydrogens is 188 g/mol. The lowest BCUT2D eigenvalue weighted by Gasteiger charge is -1.99. The van der Waals surface area contributed by atoms with Gasteiger partial charge in [-0.15, -0.1) is 0 Å². The Bertz CT molecular complexity index is 230.